The van der Waals surface area contributed by atoms with Gasteiger partial charge in [0.05, 0.1) is 34.5 Å². The van der Waals surface area contributed by atoms with Gasteiger partial charge in [-0.15, -0.1) is 10.2 Å². The van der Waals surface area contributed by atoms with Crippen molar-refractivity contribution in [3.8, 4) is 11.4 Å². The molecule has 0 aliphatic heterocycles. The Balaban J connectivity index is 1.57. The Morgan fingerprint density at radius 2 is 1.78 bits per heavy atom. The average Bonchev–Trinajstić information content (AvgIpc) is 3.36. The van der Waals surface area contributed by atoms with E-state index in [2.05, 4.69) is 20.6 Å². The first-order valence-corrected chi connectivity index (χ1v) is 12.5. The zero-order valence-corrected chi connectivity index (χ0v) is 21.4. The molecule has 0 radical (unpaired) electrons. The van der Waals surface area contributed by atoms with Gasteiger partial charge in [0.1, 0.15) is 5.82 Å². The van der Waals surface area contributed by atoms with Crippen LogP contribution in [0.25, 0.3) is 11.4 Å². The predicted molar refractivity (Wildman–Crippen MR) is 131 cm³/mol. The molecule has 1 aliphatic rings. The van der Waals surface area contributed by atoms with Crippen LogP contribution in [0.4, 0.5) is 17.6 Å². The number of nitrogens with zero attached hydrogens (tertiary/aromatic N) is 6. The number of alkyl halides is 3. The highest BCUT2D eigenvalue weighted by Crippen LogP contribution is 2.40. The van der Waals surface area contributed by atoms with Crippen molar-refractivity contribution in [2.24, 2.45) is 0 Å². The molecule has 0 N–H and O–H groups in total. The molecule has 6 nitrogen and oxygen atoms in total. The molecule has 0 saturated heterocycles. The SMILES string of the molecule is CCc1c(F)c(Cl)cc(CC(C)c2cc(Cl)ccc2-n2cc(C(F)(F)F)nn2)c1-n1cc(C2CC2)nn1. The van der Waals surface area contributed by atoms with E-state index in [-0.39, 0.29) is 10.9 Å². The molecular formula is C25H22Cl2F4N6. The van der Waals surface area contributed by atoms with Crippen LogP contribution in [0.3, 0.4) is 0 Å². The molecule has 4 aromatic rings. The lowest BCUT2D eigenvalue weighted by Crippen LogP contribution is -2.12. The average molecular weight is 553 g/mol. The number of aromatic nitrogens is 6. The molecule has 37 heavy (non-hydrogen) atoms. The molecule has 12 heteroatoms. The number of hydrogen-bond donors (Lipinski definition) is 0. The predicted octanol–water partition coefficient (Wildman–Crippen LogP) is 7.10. The second kappa shape index (κ2) is 9.72. The maximum Gasteiger partial charge on any atom is 0.436 e. The Bertz CT molecular complexity index is 1460. The summed E-state index contributed by atoms with van der Waals surface area (Å²) >= 11 is 12.5. The molecule has 1 fully saturated rings. The van der Waals surface area contributed by atoms with E-state index < -0.39 is 17.7 Å². The van der Waals surface area contributed by atoms with E-state index in [1.54, 1.807) is 28.9 Å². The number of rotatable bonds is 7. The van der Waals surface area contributed by atoms with Crippen LogP contribution in [0.2, 0.25) is 10.0 Å². The van der Waals surface area contributed by atoms with Gasteiger partial charge in [0.25, 0.3) is 0 Å². The van der Waals surface area contributed by atoms with Gasteiger partial charge in [0, 0.05) is 16.5 Å². The van der Waals surface area contributed by atoms with Crippen molar-refractivity contribution in [2.75, 3.05) is 0 Å². The van der Waals surface area contributed by atoms with Crippen LogP contribution in [0.1, 0.15) is 66.6 Å². The maximum absolute atomic E-state index is 15.1. The van der Waals surface area contributed by atoms with Crippen LogP contribution >= 0.6 is 23.2 Å². The van der Waals surface area contributed by atoms with Crippen LogP contribution in [-0.4, -0.2) is 30.0 Å². The molecule has 5 rings (SSSR count). The Kier molecular flexibility index (Phi) is 6.74. The van der Waals surface area contributed by atoms with E-state index in [1.807, 2.05) is 20.0 Å². The van der Waals surface area contributed by atoms with Gasteiger partial charge in [-0.25, -0.2) is 13.8 Å². The Hall–Kier alpha value is -2.98. The summed E-state index contributed by atoms with van der Waals surface area (Å²) in [7, 11) is 0. The van der Waals surface area contributed by atoms with Gasteiger partial charge in [-0.05, 0) is 67.0 Å². The van der Waals surface area contributed by atoms with Gasteiger partial charge >= 0.3 is 6.18 Å². The lowest BCUT2D eigenvalue weighted by molar-refractivity contribution is -0.141. The molecule has 1 unspecified atom stereocenters. The van der Waals surface area contributed by atoms with E-state index in [4.69, 9.17) is 23.2 Å². The third-order valence-corrected chi connectivity index (χ3v) is 7.04. The monoisotopic (exact) mass is 552 g/mol. The molecule has 1 atom stereocenters. The summed E-state index contributed by atoms with van der Waals surface area (Å²) in [6, 6.07) is 6.43. The molecule has 2 aromatic heterocycles. The second-order valence-corrected chi connectivity index (χ2v) is 10.1. The second-order valence-electron chi connectivity index (χ2n) is 9.23. The number of benzene rings is 2. The van der Waals surface area contributed by atoms with E-state index >= 15 is 4.39 Å². The van der Waals surface area contributed by atoms with Crippen LogP contribution in [0.15, 0.2) is 36.7 Å². The molecular weight excluding hydrogens is 531 g/mol. The summed E-state index contributed by atoms with van der Waals surface area (Å²) in [4.78, 5) is 0. The first kappa shape index (κ1) is 25.7. The zero-order chi connectivity index (χ0) is 26.5. The molecule has 2 aromatic carbocycles. The van der Waals surface area contributed by atoms with Gasteiger partial charge in [0.15, 0.2) is 5.69 Å². The third kappa shape index (κ3) is 5.09. The minimum atomic E-state index is -4.62. The summed E-state index contributed by atoms with van der Waals surface area (Å²) in [6.07, 6.45) is 0.890. The largest absolute Gasteiger partial charge is 0.436 e. The fraction of sp³-hybridized carbons (Fsp3) is 0.360. The first-order chi connectivity index (χ1) is 17.6. The van der Waals surface area contributed by atoms with E-state index in [0.717, 1.165) is 35.0 Å². The van der Waals surface area contributed by atoms with Gasteiger partial charge in [-0.3, -0.25) is 0 Å². The van der Waals surface area contributed by atoms with Crippen LogP contribution in [-0.2, 0) is 19.0 Å². The van der Waals surface area contributed by atoms with Crippen molar-refractivity contribution in [3.05, 3.63) is 80.6 Å². The van der Waals surface area contributed by atoms with Crippen molar-refractivity contribution in [1.82, 2.24) is 30.0 Å². The number of halogens is 6. The smallest absolute Gasteiger partial charge is 0.220 e. The topological polar surface area (TPSA) is 61.4 Å². The highest BCUT2D eigenvalue weighted by Gasteiger charge is 2.35. The molecule has 1 aliphatic carbocycles. The molecule has 0 bridgehead atoms. The van der Waals surface area contributed by atoms with E-state index in [0.29, 0.717) is 46.3 Å². The normalized spacial score (nSPS) is 14.8. The van der Waals surface area contributed by atoms with Crippen molar-refractivity contribution in [3.63, 3.8) is 0 Å². The van der Waals surface area contributed by atoms with Gasteiger partial charge in [-0.2, -0.15) is 13.2 Å². The fourth-order valence-electron chi connectivity index (χ4n) is 4.52. The number of hydrogen-bond acceptors (Lipinski definition) is 4. The Labute approximate surface area is 220 Å². The summed E-state index contributed by atoms with van der Waals surface area (Å²) < 4.78 is 57.2. The minimum absolute atomic E-state index is 0.0113. The molecule has 2 heterocycles. The maximum atomic E-state index is 15.1. The van der Waals surface area contributed by atoms with Gasteiger partial charge in [0.2, 0.25) is 0 Å². The van der Waals surface area contributed by atoms with Crippen molar-refractivity contribution in [1.29, 1.82) is 0 Å². The van der Waals surface area contributed by atoms with E-state index in [1.165, 1.54) is 0 Å². The highest BCUT2D eigenvalue weighted by atomic mass is 35.5. The van der Waals surface area contributed by atoms with Crippen LogP contribution in [0.5, 0.6) is 0 Å². The Morgan fingerprint density at radius 1 is 1.05 bits per heavy atom. The lowest BCUT2D eigenvalue weighted by Gasteiger charge is -2.21. The lowest BCUT2D eigenvalue weighted by atomic mass is 9.90. The minimum Gasteiger partial charge on any atom is -0.220 e. The first-order valence-electron chi connectivity index (χ1n) is 11.8. The highest BCUT2D eigenvalue weighted by molar-refractivity contribution is 6.31. The quantitative estimate of drug-likeness (QED) is 0.229. The summed E-state index contributed by atoms with van der Waals surface area (Å²) in [5, 5.41) is 15.9. The molecule has 1 saturated carbocycles. The summed E-state index contributed by atoms with van der Waals surface area (Å²) in [6.45, 7) is 3.74. The molecule has 194 valence electrons. The van der Waals surface area contributed by atoms with E-state index in [9.17, 15) is 13.2 Å². The standard InChI is InChI=1S/C25H22Cl2F4N6/c1-3-17-23(28)19(27)9-15(24(17)37-11-20(32-34-37)14-4-5-14)8-13(2)18-10-16(26)6-7-21(18)36-12-22(33-35-36)25(29,30)31/h6-7,9-14H,3-5,8H2,1-2H3. The van der Waals surface area contributed by atoms with Crippen LogP contribution in [0, 0.1) is 5.82 Å². The van der Waals surface area contributed by atoms with Gasteiger partial charge in [-0.1, -0.05) is 47.5 Å². The van der Waals surface area contributed by atoms with Crippen LogP contribution < -0.4 is 0 Å². The summed E-state index contributed by atoms with van der Waals surface area (Å²) in [5.41, 5.74) is 2.52. The molecule has 0 amide bonds. The van der Waals surface area contributed by atoms with Crippen molar-refractivity contribution >= 4 is 23.2 Å². The van der Waals surface area contributed by atoms with Gasteiger partial charge < -0.3 is 0 Å². The fourth-order valence-corrected chi connectivity index (χ4v) is 4.95. The summed E-state index contributed by atoms with van der Waals surface area (Å²) in [5.74, 6) is -0.412. The third-order valence-electron chi connectivity index (χ3n) is 6.53. The van der Waals surface area contributed by atoms with Crippen molar-refractivity contribution < 1.29 is 17.6 Å². The molecule has 0 spiro atoms. The zero-order valence-electron chi connectivity index (χ0n) is 19.9. The van der Waals surface area contributed by atoms with Crippen molar-refractivity contribution in [2.45, 2.75) is 57.5 Å². The Morgan fingerprint density at radius 3 is 2.43 bits per heavy atom.